The summed E-state index contributed by atoms with van der Waals surface area (Å²) in [6, 6.07) is 23.3. The number of nitro groups is 1. The summed E-state index contributed by atoms with van der Waals surface area (Å²) >= 11 is 0. The Morgan fingerprint density at radius 2 is 1.24 bits per heavy atom. The van der Waals surface area contributed by atoms with E-state index in [1.54, 1.807) is 26.4 Å². The van der Waals surface area contributed by atoms with Crippen LogP contribution in [0.3, 0.4) is 0 Å². The Hall–Kier alpha value is -3.42. The standard InChI is InChI=1S/C26H29N3O4/c1-32-24-12-4-20(5-13-24)18-27-16-3-17-28(19-21-6-14-25(33-2)15-7-21)26(27)22-8-10-23(11-9-22)29(30)31/h4-15,26H,3,16-19H2,1-2H3. The zero-order valence-electron chi connectivity index (χ0n) is 19.0. The molecule has 0 aliphatic carbocycles. The van der Waals surface area contributed by atoms with Gasteiger partial charge in [0.2, 0.25) is 0 Å². The number of ether oxygens (including phenoxy) is 2. The average molecular weight is 448 g/mol. The molecule has 1 aliphatic heterocycles. The predicted octanol–water partition coefficient (Wildman–Crippen LogP) is 5.02. The van der Waals surface area contributed by atoms with E-state index in [2.05, 4.69) is 34.1 Å². The number of nitrogens with zero attached hydrogens (tertiary/aromatic N) is 3. The van der Waals surface area contributed by atoms with Gasteiger partial charge >= 0.3 is 0 Å². The van der Waals surface area contributed by atoms with Crippen LogP contribution >= 0.6 is 0 Å². The summed E-state index contributed by atoms with van der Waals surface area (Å²) in [5.41, 5.74) is 3.57. The Bertz CT molecular complexity index is 995. The van der Waals surface area contributed by atoms with Crippen LogP contribution in [0.15, 0.2) is 72.8 Å². The zero-order chi connectivity index (χ0) is 23.2. The quantitative estimate of drug-likeness (QED) is 0.357. The van der Waals surface area contributed by atoms with E-state index in [1.807, 2.05) is 36.4 Å². The molecule has 0 spiro atoms. The van der Waals surface area contributed by atoms with E-state index in [-0.39, 0.29) is 16.8 Å². The third-order valence-corrected chi connectivity index (χ3v) is 6.07. The fourth-order valence-corrected chi connectivity index (χ4v) is 4.40. The summed E-state index contributed by atoms with van der Waals surface area (Å²) in [5.74, 6) is 1.68. The molecule has 0 amide bonds. The molecule has 0 atom stereocenters. The summed E-state index contributed by atoms with van der Waals surface area (Å²) in [6.45, 7) is 3.47. The number of hydrogen-bond acceptors (Lipinski definition) is 6. The van der Waals surface area contributed by atoms with E-state index in [1.165, 1.54) is 11.1 Å². The topological polar surface area (TPSA) is 68.1 Å². The summed E-state index contributed by atoms with van der Waals surface area (Å²) in [4.78, 5) is 15.7. The van der Waals surface area contributed by atoms with Gasteiger partial charge in [0.1, 0.15) is 11.5 Å². The van der Waals surface area contributed by atoms with E-state index in [4.69, 9.17) is 9.47 Å². The van der Waals surface area contributed by atoms with Crippen molar-refractivity contribution in [1.29, 1.82) is 0 Å². The Morgan fingerprint density at radius 3 is 1.64 bits per heavy atom. The van der Waals surface area contributed by atoms with Gasteiger partial charge in [-0.1, -0.05) is 24.3 Å². The highest BCUT2D eigenvalue weighted by Crippen LogP contribution is 2.33. The first-order valence-corrected chi connectivity index (χ1v) is 11.1. The second-order valence-electron chi connectivity index (χ2n) is 8.21. The third kappa shape index (κ3) is 5.50. The molecule has 1 heterocycles. The summed E-state index contributed by atoms with van der Waals surface area (Å²) in [7, 11) is 3.34. The first kappa shape index (κ1) is 22.8. The van der Waals surface area contributed by atoms with E-state index in [9.17, 15) is 10.1 Å². The number of methoxy groups -OCH3 is 2. The van der Waals surface area contributed by atoms with Crippen molar-refractivity contribution in [2.75, 3.05) is 27.3 Å². The van der Waals surface area contributed by atoms with Crippen LogP contribution in [-0.4, -0.2) is 42.0 Å². The van der Waals surface area contributed by atoms with Gasteiger partial charge in [-0.2, -0.15) is 0 Å². The molecule has 0 bridgehead atoms. The van der Waals surface area contributed by atoms with E-state index in [0.29, 0.717) is 0 Å². The van der Waals surface area contributed by atoms with Gasteiger partial charge in [0.15, 0.2) is 0 Å². The van der Waals surface area contributed by atoms with Crippen LogP contribution in [0.2, 0.25) is 0 Å². The molecule has 3 aromatic rings. The molecule has 33 heavy (non-hydrogen) atoms. The van der Waals surface area contributed by atoms with Crippen molar-refractivity contribution >= 4 is 5.69 Å². The molecule has 1 aliphatic rings. The molecule has 7 heteroatoms. The smallest absolute Gasteiger partial charge is 0.269 e. The predicted molar refractivity (Wildman–Crippen MR) is 127 cm³/mol. The Kier molecular flexibility index (Phi) is 7.22. The van der Waals surface area contributed by atoms with Crippen LogP contribution in [0, 0.1) is 10.1 Å². The summed E-state index contributed by atoms with van der Waals surface area (Å²) in [6.07, 6.45) is 1.07. The van der Waals surface area contributed by atoms with Gasteiger partial charge in [-0.25, -0.2) is 0 Å². The first-order chi connectivity index (χ1) is 16.1. The van der Waals surface area contributed by atoms with Crippen molar-refractivity contribution < 1.29 is 14.4 Å². The molecular formula is C26H29N3O4. The molecule has 0 radical (unpaired) electrons. The molecule has 1 saturated heterocycles. The highest BCUT2D eigenvalue weighted by atomic mass is 16.6. The monoisotopic (exact) mass is 447 g/mol. The van der Waals surface area contributed by atoms with E-state index >= 15 is 0 Å². The SMILES string of the molecule is COc1ccc(CN2CCCN(Cc3ccc(OC)cc3)C2c2ccc([N+](=O)[O-])cc2)cc1. The minimum atomic E-state index is -0.352. The van der Waals surface area contributed by atoms with Crippen LogP contribution in [0.5, 0.6) is 11.5 Å². The molecule has 3 aromatic carbocycles. The number of benzene rings is 3. The van der Waals surface area contributed by atoms with Crippen molar-refractivity contribution in [3.63, 3.8) is 0 Å². The van der Waals surface area contributed by atoms with E-state index < -0.39 is 0 Å². The lowest BCUT2D eigenvalue weighted by Gasteiger charge is -2.44. The first-order valence-electron chi connectivity index (χ1n) is 11.1. The van der Waals surface area contributed by atoms with Crippen molar-refractivity contribution in [3.05, 3.63) is 99.6 Å². The molecular weight excluding hydrogens is 418 g/mol. The minimum absolute atomic E-state index is 0.0174. The Balaban J connectivity index is 1.62. The zero-order valence-corrected chi connectivity index (χ0v) is 19.0. The van der Waals surface area contributed by atoms with Gasteiger partial charge in [-0.3, -0.25) is 19.9 Å². The lowest BCUT2D eigenvalue weighted by atomic mass is 10.0. The number of hydrogen-bond donors (Lipinski definition) is 0. The van der Waals surface area contributed by atoms with Gasteiger partial charge in [0, 0.05) is 38.3 Å². The van der Waals surface area contributed by atoms with Crippen LogP contribution in [0.1, 0.15) is 29.3 Å². The number of nitro benzene ring substituents is 1. The summed E-state index contributed by atoms with van der Waals surface area (Å²) < 4.78 is 10.6. The fourth-order valence-electron chi connectivity index (χ4n) is 4.40. The van der Waals surface area contributed by atoms with Crippen LogP contribution in [0.4, 0.5) is 5.69 Å². The second-order valence-corrected chi connectivity index (χ2v) is 8.21. The molecule has 0 saturated carbocycles. The van der Waals surface area contributed by atoms with Crippen molar-refractivity contribution in [2.24, 2.45) is 0 Å². The molecule has 4 rings (SSSR count). The van der Waals surface area contributed by atoms with Gasteiger partial charge < -0.3 is 9.47 Å². The van der Waals surface area contributed by atoms with Crippen LogP contribution < -0.4 is 9.47 Å². The molecule has 0 N–H and O–H groups in total. The molecule has 0 unspecified atom stereocenters. The van der Waals surface area contributed by atoms with Crippen molar-refractivity contribution in [3.8, 4) is 11.5 Å². The van der Waals surface area contributed by atoms with Gasteiger partial charge in [0.05, 0.1) is 25.3 Å². The normalized spacial score (nSPS) is 15.3. The lowest BCUT2D eigenvalue weighted by Crippen LogP contribution is -2.46. The van der Waals surface area contributed by atoms with Gasteiger partial charge in [-0.15, -0.1) is 0 Å². The van der Waals surface area contributed by atoms with Crippen molar-refractivity contribution in [1.82, 2.24) is 9.80 Å². The molecule has 172 valence electrons. The summed E-state index contributed by atoms with van der Waals surface area (Å²) in [5, 5.41) is 11.2. The minimum Gasteiger partial charge on any atom is -0.497 e. The Labute approximate surface area is 194 Å². The molecule has 0 aromatic heterocycles. The number of non-ortho nitro benzene ring substituents is 1. The third-order valence-electron chi connectivity index (χ3n) is 6.07. The highest BCUT2D eigenvalue weighted by Gasteiger charge is 2.31. The largest absolute Gasteiger partial charge is 0.497 e. The second kappa shape index (κ2) is 10.5. The maximum absolute atomic E-state index is 11.2. The average Bonchev–Trinajstić information content (AvgIpc) is 2.85. The fraction of sp³-hybridized carbons (Fsp3) is 0.308. The maximum atomic E-state index is 11.2. The number of rotatable bonds is 8. The van der Waals surface area contributed by atoms with Crippen LogP contribution in [0.25, 0.3) is 0 Å². The lowest BCUT2D eigenvalue weighted by molar-refractivity contribution is -0.384. The van der Waals surface area contributed by atoms with Crippen LogP contribution in [-0.2, 0) is 13.1 Å². The molecule has 1 fully saturated rings. The maximum Gasteiger partial charge on any atom is 0.269 e. The highest BCUT2D eigenvalue weighted by molar-refractivity contribution is 5.35. The van der Waals surface area contributed by atoms with Gasteiger partial charge in [-0.05, 0) is 59.5 Å². The van der Waals surface area contributed by atoms with Crippen molar-refractivity contribution in [2.45, 2.75) is 25.7 Å². The van der Waals surface area contributed by atoms with E-state index in [0.717, 1.165) is 49.7 Å². The van der Waals surface area contributed by atoms with Gasteiger partial charge in [0.25, 0.3) is 5.69 Å². The molecule has 7 nitrogen and oxygen atoms in total. The Morgan fingerprint density at radius 1 is 0.788 bits per heavy atom.